The quantitative estimate of drug-likeness (QED) is 0.0661. The van der Waals surface area contributed by atoms with Crippen molar-refractivity contribution in [2.24, 2.45) is 17.0 Å². The van der Waals surface area contributed by atoms with Gasteiger partial charge in [-0.1, -0.05) is 29.4 Å². The van der Waals surface area contributed by atoms with Gasteiger partial charge in [-0.2, -0.15) is 0 Å². The number of benzene rings is 2. The zero-order chi connectivity index (χ0) is 34.6. The van der Waals surface area contributed by atoms with Crippen molar-refractivity contribution in [3.63, 3.8) is 0 Å². The highest BCUT2D eigenvalue weighted by molar-refractivity contribution is 5.88. The minimum absolute atomic E-state index is 0.00737. The molecule has 1 aliphatic carbocycles. The first-order valence-electron chi connectivity index (χ1n) is 15.6. The maximum absolute atomic E-state index is 13.8. The largest absolute Gasteiger partial charge is 0.497 e. The molecule has 2 amide bonds. The molecule has 2 fully saturated rings. The Bertz CT molecular complexity index is 1370. The van der Waals surface area contributed by atoms with Crippen molar-refractivity contribution in [2.45, 2.75) is 68.8 Å². The third-order valence-corrected chi connectivity index (χ3v) is 8.54. The molecule has 2 aromatic carbocycles. The Morgan fingerprint density at radius 3 is 1.85 bits per heavy atom. The maximum atomic E-state index is 13.8. The number of nitrogens with zero attached hydrogens (tertiary/aromatic N) is 3. The number of aliphatic hydroxyl groups is 4. The Labute approximate surface area is 277 Å². The number of hydrogen-bond acceptors (Lipinski definition) is 12. The number of amides is 2. The lowest BCUT2D eigenvalue weighted by molar-refractivity contribution is -0.321. The van der Waals surface area contributed by atoms with Crippen LogP contribution in [0.15, 0.2) is 53.6 Å². The number of carbonyl (C=O) groups excluding carboxylic acids is 2. The van der Waals surface area contributed by atoms with Gasteiger partial charge >= 0.3 is 0 Å². The van der Waals surface area contributed by atoms with Gasteiger partial charge < -0.3 is 54.7 Å². The summed E-state index contributed by atoms with van der Waals surface area (Å²) in [6.07, 6.45) is -9.55. The van der Waals surface area contributed by atoms with Crippen LogP contribution in [0.1, 0.15) is 24.0 Å². The molecule has 16 nitrogen and oxygen atoms in total. The number of ether oxygens (including phenoxy) is 5. The number of azide groups is 1. The Kier molecular flexibility index (Phi) is 13.8. The van der Waals surface area contributed by atoms with E-state index in [4.69, 9.17) is 29.2 Å². The van der Waals surface area contributed by atoms with Gasteiger partial charge in [0.15, 0.2) is 6.29 Å². The van der Waals surface area contributed by atoms with Crippen LogP contribution in [0.3, 0.4) is 0 Å². The molecule has 9 atom stereocenters. The molecule has 6 N–H and O–H groups in total. The molecular weight excluding hydrogens is 630 g/mol. The standard InChI is InChI=1S/C32H43N5O11/c1-44-20-7-3-18(4-8-20)15-34-30(42)22-13-24(46-12-11-36-37-33)25(47-32-29(41)28(40)27(39)26(17-38)48-32)14-23(22)31(43)35-16-19-5-9-21(45-2)10-6-19/h3-10,22-29,32,38-41H,11-17H2,1-2H3,(H,34,42)(H,35,43)/t22-,23-,24-,25-,26+,27+,28-,29-,32-/m0/s1. The van der Waals surface area contributed by atoms with Crippen LogP contribution in [0.4, 0.5) is 0 Å². The van der Waals surface area contributed by atoms with Crippen molar-refractivity contribution in [1.82, 2.24) is 10.6 Å². The van der Waals surface area contributed by atoms with Crippen LogP contribution in [0.5, 0.6) is 11.5 Å². The lowest BCUT2D eigenvalue weighted by atomic mass is 9.75. The number of aliphatic hydroxyl groups excluding tert-OH is 4. The molecule has 0 unspecified atom stereocenters. The molecule has 0 bridgehead atoms. The van der Waals surface area contributed by atoms with Crippen molar-refractivity contribution < 1.29 is 53.7 Å². The van der Waals surface area contributed by atoms with Crippen LogP contribution in [0, 0.1) is 11.8 Å². The van der Waals surface area contributed by atoms with E-state index < -0.39 is 73.2 Å². The minimum Gasteiger partial charge on any atom is -0.497 e. The molecule has 16 heteroatoms. The van der Waals surface area contributed by atoms with E-state index in [0.29, 0.717) is 11.5 Å². The van der Waals surface area contributed by atoms with E-state index in [1.165, 1.54) is 0 Å². The SMILES string of the molecule is COc1ccc(CNC(=O)[C@H]2C[C@H](OCCN=[N+]=[N-])[C@@H](O[C@H]3O[C@H](CO)[C@@H](O)[C@H](O)[C@@H]3O)C[C@@H]2C(=O)NCc2ccc(OC)cc2)cc1. The molecule has 1 heterocycles. The third kappa shape index (κ3) is 9.55. The van der Waals surface area contributed by atoms with Crippen molar-refractivity contribution in [1.29, 1.82) is 0 Å². The second kappa shape index (κ2) is 18.0. The third-order valence-electron chi connectivity index (χ3n) is 8.54. The van der Waals surface area contributed by atoms with E-state index in [9.17, 15) is 30.0 Å². The molecular formula is C32H43N5O11. The molecule has 2 aliphatic rings. The van der Waals surface area contributed by atoms with E-state index >= 15 is 0 Å². The van der Waals surface area contributed by atoms with Gasteiger partial charge in [0.2, 0.25) is 11.8 Å². The number of methoxy groups -OCH3 is 2. The van der Waals surface area contributed by atoms with Crippen LogP contribution in [0.2, 0.25) is 0 Å². The fourth-order valence-corrected chi connectivity index (χ4v) is 5.80. The Morgan fingerprint density at radius 1 is 0.854 bits per heavy atom. The predicted octanol–water partition coefficient (Wildman–Crippen LogP) is 0.543. The van der Waals surface area contributed by atoms with Crippen molar-refractivity contribution >= 4 is 11.8 Å². The van der Waals surface area contributed by atoms with Gasteiger partial charge in [0, 0.05) is 24.5 Å². The monoisotopic (exact) mass is 673 g/mol. The molecule has 4 rings (SSSR count). The number of hydrogen-bond donors (Lipinski definition) is 6. The van der Waals surface area contributed by atoms with Crippen molar-refractivity contribution in [3.05, 3.63) is 70.1 Å². The van der Waals surface area contributed by atoms with Gasteiger partial charge in [-0.05, 0) is 53.8 Å². The van der Waals surface area contributed by atoms with Crippen molar-refractivity contribution in [2.75, 3.05) is 34.0 Å². The van der Waals surface area contributed by atoms with Crippen LogP contribution in [-0.2, 0) is 36.9 Å². The Morgan fingerprint density at radius 2 is 1.38 bits per heavy atom. The molecule has 0 aromatic heterocycles. The molecule has 0 spiro atoms. The average Bonchev–Trinajstić information content (AvgIpc) is 3.12. The fourth-order valence-electron chi connectivity index (χ4n) is 5.80. The van der Waals surface area contributed by atoms with E-state index in [1.807, 2.05) is 12.1 Å². The maximum Gasteiger partial charge on any atom is 0.224 e. The van der Waals surface area contributed by atoms with E-state index in [1.54, 1.807) is 50.6 Å². The van der Waals surface area contributed by atoms with Crippen molar-refractivity contribution in [3.8, 4) is 11.5 Å². The summed E-state index contributed by atoms with van der Waals surface area (Å²) in [6, 6.07) is 14.3. The molecule has 0 radical (unpaired) electrons. The molecule has 1 aliphatic heterocycles. The zero-order valence-corrected chi connectivity index (χ0v) is 26.8. The smallest absolute Gasteiger partial charge is 0.224 e. The first-order valence-corrected chi connectivity index (χ1v) is 15.6. The second-order valence-corrected chi connectivity index (χ2v) is 11.6. The molecule has 262 valence electrons. The van der Waals surface area contributed by atoms with Crippen LogP contribution in [0.25, 0.3) is 10.4 Å². The molecule has 48 heavy (non-hydrogen) atoms. The molecule has 1 saturated heterocycles. The highest BCUT2D eigenvalue weighted by atomic mass is 16.7. The molecule has 1 saturated carbocycles. The topological polar surface area (TPSA) is 234 Å². The summed E-state index contributed by atoms with van der Waals surface area (Å²) in [5, 5.41) is 50.2. The van der Waals surface area contributed by atoms with Gasteiger partial charge in [-0.25, -0.2) is 0 Å². The van der Waals surface area contributed by atoms with Gasteiger partial charge in [0.05, 0.1) is 51.5 Å². The lowest BCUT2D eigenvalue weighted by Crippen LogP contribution is -2.61. The van der Waals surface area contributed by atoms with Crippen LogP contribution >= 0.6 is 0 Å². The summed E-state index contributed by atoms with van der Waals surface area (Å²) in [5.74, 6) is -1.30. The first-order chi connectivity index (χ1) is 23.2. The average molecular weight is 674 g/mol. The number of carbonyl (C=O) groups is 2. The number of rotatable bonds is 15. The highest BCUT2D eigenvalue weighted by Gasteiger charge is 2.49. The Balaban J connectivity index is 1.56. The van der Waals surface area contributed by atoms with Gasteiger partial charge in [0.1, 0.15) is 35.9 Å². The van der Waals surface area contributed by atoms with Gasteiger partial charge in [-0.3, -0.25) is 9.59 Å². The van der Waals surface area contributed by atoms with Crippen LogP contribution in [-0.4, -0.2) is 109 Å². The normalized spacial score (nSPS) is 28.5. The summed E-state index contributed by atoms with van der Waals surface area (Å²) in [5.41, 5.74) is 10.3. The summed E-state index contributed by atoms with van der Waals surface area (Å²) in [4.78, 5) is 30.3. The highest BCUT2D eigenvalue weighted by Crippen LogP contribution is 2.36. The summed E-state index contributed by atoms with van der Waals surface area (Å²) in [7, 11) is 3.11. The van der Waals surface area contributed by atoms with E-state index in [-0.39, 0.29) is 39.1 Å². The predicted molar refractivity (Wildman–Crippen MR) is 168 cm³/mol. The van der Waals surface area contributed by atoms with E-state index in [2.05, 4.69) is 20.7 Å². The van der Waals surface area contributed by atoms with E-state index in [0.717, 1.165) is 11.1 Å². The minimum atomic E-state index is -1.69. The number of nitrogens with one attached hydrogen (secondary N) is 2. The summed E-state index contributed by atoms with van der Waals surface area (Å²) in [6.45, 7) is -0.345. The van der Waals surface area contributed by atoms with Gasteiger partial charge in [0.25, 0.3) is 0 Å². The summed E-state index contributed by atoms with van der Waals surface area (Å²) < 4.78 is 28.1. The van der Waals surface area contributed by atoms with Gasteiger partial charge in [-0.15, -0.1) is 0 Å². The lowest BCUT2D eigenvalue weighted by Gasteiger charge is -2.44. The van der Waals surface area contributed by atoms with Crippen LogP contribution < -0.4 is 20.1 Å². The second-order valence-electron chi connectivity index (χ2n) is 11.6. The first kappa shape index (κ1) is 36.8. The Hall–Kier alpha value is -3.99. The zero-order valence-electron chi connectivity index (χ0n) is 26.8. The fraction of sp³-hybridized carbons (Fsp3) is 0.562. The molecule has 2 aromatic rings. The summed E-state index contributed by atoms with van der Waals surface area (Å²) >= 11 is 0.